The van der Waals surface area contributed by atoms with Gasteiger partial charge in [0.05, 0.1) is 18.7 Å². The second kappa shape index (κ2) is 8.12. The lowest BCUT2D eigenvalue weighted by molar-refractivity contribution is -0.128. The lowest BCUT2D eigenvalue weighted by Crippen LogP contribution is -2.39. The standard InChI is InChI=1S/C21H24N2O4/c1-13(27-19-12-15(26-2)10-11-17(19)20(22)24)21(25)23-18-9-5-7-14-6-3-4-8-16(14)18/h3-4,6,8,10-13,18H,5,7,9H2,1-2H3,(H2,22,24)(H,23,25). The Balaban J connectivity index is 1.73. The summed E-state index contributed by atoms with van der Waals surface area (Å²) in [7, 11) is 1.51. The minimum absolute atomic E-state index is 0.0329. The first-order valence-electron chi connectivity index (χ1n) is 9.02. The molecule has 3 rings (SSSR count). The zero-order valence-corrected chi connectivity index (χ0v) is 15.5. The Morgan fingerprint density at radius 3 is 2.74 bits per heavy atom. The van der Waals surface area contributed by atoms with Gasteiger partial charge in [0, 0.05) is 6.07 Å². The maximum absolute atomic E-state index is 12.7. The average molecular weight is 368 g/mol. The number of amides is 2. The van der Waals surface area contributed by atoms with Gasteiger partial charge in [-0.2, -0.15) is 0 Å². The van der Waals surface area contributed by atoms with E-state index in [2.05, 4.69) is 17.4 Å². The minimum atomic E-state index is -0.788. The summed E-state index contributed by atoms with van der Waals surface area (Å²) < 4.78 is 10.9. The van der Waals surface area contributed by atoms with E-state index >= 15 is 0 Å². The zero-order chi connectivity index (χ0) is 19.4. The van der Waals surface area contributed by atoms with Crippen LogP contribution in [0.25, 0.3) is 0 Å². The molecule has 2 aromatic carbocycles. The van der Waals surface area contributed by atoms with Gasteiger partial charge in [-0.1, -0.05) is 24.3 Å². The van der Waals surface area contributed by atoms with Crippen molar-refractivity contribution in [3.8, 4) is 11.5 Å². The Morgan fingerprint density at radius 2 is 2.00 bits per heavy atom. The molecule has 0 radical (unpaired) electrons. The van der Waals surface area contributed by atoms with E-state index in [1.807, 2.05) is 12.1 Å². The third-order valence-corrected chi connectivity index (χ3v) is 4.81. The highest BCUT2D eigenvalue weighted by Gasteiger charge is 2.25. The van der Waals surface area contributed by atoms with Gasteiger partial charge in [-0.05, 0) is 49.4 Å². The third kappa shape index (κ3) is 4.22. The Labute approximate surface area is 158 Å². The Morgan fingerprint density at radius 1 is 1.22 bits per heavy atom. The molecule has 27 heavy (non-hydrogen) atoms. The van der Waals surface area contributed by atoms with Crippen molar-refractivity contribution in [1.82, 2.24) is 5.32 Å². The fourth-order valence-corrected chi connectivity index (χ4v) is 3.37. The van der Waals surface area contributed by atoms with Crippen LogP contribution in [0, 0.1) is 0 Å². The Hall–Kier alpha value is -3.02. The maximum atomic E-state index is 12.7. The Kier molecular flexibility index (Phi) is 5.64. The van der Waals surface area contributed by atoms with Crippen LogP contribution in [0.2, 0.25) is 0 Å². The fraction of sp³-hybridized carbons (Fsp3) is 0.333. The first-order chi connectivity index (χ1) is 13.0. The second-order valence-corrected chi connectivity index (χ2v) is 6.64. The summed E-state index contributed by atoms with van der Waals surface area (Å²) in [6.45, 7) is 1.65. The lowest BCUT2D eigenvalue weighted by Gasteiger charge is -2.27. The fourth-order valence-electron chi connectivity index (χ4n) is 3.37. The number of ether oxygens (including phenoxy) is 2. The van der Waals surface area contributed by atoms with Crippen molar-refractivity contribution in [2.75, 3.05) is 7.11 Å². The molecule has 0 aromatic heterocycles. The second-order valence-electron chi connectivity index (χ2n) is 6.64. The van der Waals surface area contributed by atoms with E-state index in [1.165, 1.54) is 18.7 Å². The van der Waals surface area contributed by atoms with Crippen LogP contribution in [-0.4, -0.2) is 25.0 Å². The minimum Gasteiger partial charge on any atom is -0.497 e. The molecule has 0 saturated heterocycles. The summed E-state index contributed by atoms with van der Waals surface area (Å²) in [6.07, 6.45) is 2.16. The quantitative estimate of drug-likeness (QED) is 0.820. The van der Waals surface area contributed by atoms with E-state index in [4.69, 9.17) is 15.2 Å². The number of aryl methyl sites for hydroxylation is 1. The van der Waals surface area contributed by atoms with Crippen LogP contribution in [0.1, 0.15) is 47.3 Å². The van der Waals surface area contributed by atoms with E-state index in [-0.39, 0.29) is 23.3 Å². The number of carbonyl (C=O) groups excluding carboxylic acids is 2. The van der Waals surface area contributed by atoms with Crippen molar-refractivity contribution < 1.29 is 19.1 Å². The van der Waals surface area contributed by atoms with Crippen molar-refractivity contribution in [1.29, 1.82) is 0 Å². The van der Waals surface area contributed by atoms with E-state index in [0.717, 1.165) is 24.8 Å². The number of nitrogens with two attached hydrogens (primary N) is 1. The molecular formula is C21H24N2O4. The Bertz CT molecular complexity index is 850. The normalized spacial score (nSPS) is 16.7. The number of methoxy groups -OCH3 is 1. The first-order valence-corrected chi connectivity index (χ1v) is 9.02. The van der Waals surface area contributed by atoms with E-state index in [1.54, 1.807) is 19.1 Å². The number of hydrogen-bond donors (Lipinski definition) is 2. The van der Waals surface area contributed by atoms with E-state index < -0.39 is 12.0 Å². The van der Waals surface area contributed by atoms with Crippen molar-refractivity contribution in [2.24, 2.45) is 5.73 Å². The molecular weight excluding hydrogens is 344 g/mol. The summed E-state index contributed by atoms with van der Waals surface area (Å²) >= 11 is 0. The van der Waals surface area contributed by atoms with Crippen molar-refractivity contribution in [3.05, 3.63) is 59.2 Å². The molecule has 0 fully saturated rings. The molecule has 0 spiro atoms. The highest BCUT2D eigenvalue weighted by atomic mass is 16.5. The zero-order valence-electron chi connectivity index (χ0n) is 15.5. The van der Waals surface area contributed by atoms with Crippen LogP contribution in [0.3, 0.4) is 0 Å². The van der Waals surface area contributed by atoms with Crippen LogP contribution >= 0.6 is 0 Å². The molecule has 1 aliphatic rings. The summed E-state index contributed by atoms with van der Waals surface area (Å²) in [5.41, 5.74) is 8.03. The monoisotopic (exact) mass is 368 g/mol. The molecule has 0 heterocycles. The van der Waals surface area contributed by atoms with Crippen molar-refractivity contribution in [3.63, 3.8) is 0 Å². The van der Waals surface area contributed by atoms with E-state index in [0.29, 0.717) is 5.75 Å². The highest BCUT2D eigenvalue weighted by Crippen LogP contribution is 2.30. The number of primary amides is 1. The smallest absolute Gasteiger partial charge is 0.261 e. The predicted molar refractivity (Wildman–Crippen MR) is 102 cm³/mol. The number of carbonyl (C=O) groups is 2. The van der Waals surface area contributed by atoms with Crippen LogP contribution in [-0.2, 0) is 11.2 Å². The van der Waals surface area contributed by atoms with Gasteiger partial charge in [0.2, 0.25) is 0 Å². The van der Waals surface area contributed by atoms with Gasteiger partial charge in [-0.25, -0.2) is 0 Å². The van der Waals surface area contributed by atoms with Crippen LogP contribution in [0.4, 0.5) is 0 Å². The van der Waals surface area contributed by atoms with Crippen molar-refractivity contribution in [2.45, 2.75) is 38.3 Å². The number of nitrogens with one attached hydrogen (secondary N) is 1. The maximum Gasteiger partial charge on any atom is 0.261 e. The topological polar surface area (TPSA) is 90.7 Å². The molecule has 1 aliphatic carbocycles. The van der Waals surface area contributed by atoms with Crippen LogP contribution in [0.5, 0.6) is 11.5 Å². The van der Waals surface area contributed by atoms with E-state index in [9.17, 15) is 9.59 Å². The van der Waals surface area contributed by atoms with Crippen LogP contribution in [0.15, 0.2) is 42.5 Å². The number of rotatable bonds is 6. The number of benzene rings is 2. The van der Waals surface area contributed by atoms with Gasteiger partial charge in [-0.3, -0.25) is 9.59 Å². The molecule has 142 valence electrons. The molecule has 0 aliphatic heterocycles. The molecule has 2 unspecified atom stereocenters. The molecule has 2 aromatic rings. The van der Waals surface area contributed by atoms with Gasteiger partial charge >= 0.3 is 0 Å². The lowest BCUT2D eigenvalue weighted by atomic mass is 9.87. The summed E-state index contributed by atoms with van der Waals surface area (Å²) in [6, 6.07) is 12.8. The molecule has 6 heteroatoms. The average Bonchev–Trinajstić information content (AvgIpc) is 2.67. The van der Waals surface area contributed by atoms with Gasteiger partial charge in [-0.15, -0.1) is 0 Å². The van der Waals surface area contributed by atoms with Gasteiger partial charge in [0.1, 0.15) is 11.5 Å². The third-order valence-electron chi connectivity index (χ3n) is 4.81. The number of hydrogen-bond acceptors (Lipinski definition) is 4. The van der Waals surface area contributed by atoms with Gasteiger partial charge in [0.25, 0.3) is 11.8 Å². The van der Waals surface area contributed by atoms with Crippen LogP contribution < -0.4 is 20.5 Å². The molecule has 2 amide bonds. The summed E-state index contributed by atoms with van der Waals surface area (Å²) in [4.78, 5) is 24.3. The van der Waals surface area contributed by atoms with Gasteiger partial charge < -0.3 is 20.5 Å². The van der Waals surface area contributed by atoms with Crippen molar-refractivity contribution >= 4 is 11.8 Å². The highest BCUT2D eigenvalue weighted by molar-refractivity contribution is 5.96. The molecule has 0 bridgehead atoms. The molecule has 2 atom stereocenters. The summed E-state index contributed by atoms with van der Waals surface area (Å²) in [5.74, 6) is -0.117. The molecule has 0 saturated carbocycles. The molecule has 6 nitrogen and oxygen atoms in total. The number of fused-ring (bicyclic) bond motifs is 1. The van der Waals surface area contributed by atoms with Gasteiger partial charge in [0.15, 0.2) is 6.10 Å². The predicted octanol–water partition coefficient (Wildman–Crippen LogP) is 2.76. The SMILES string of the molecule is COc1ccc(C(N)=O)c(OC(C)C(=O)NC2CCCc3ccccc32)c1. The first kappa shape index (κ1) is 18.8. The molecule has 3 N–H and O–H groups in total. The largest absolute Gasteiger partial charge is 0.497 e. The summed E-state index contributed by atoms with van der Waals surface area (Å²) in [5, 5.41) is 3.06.